The fraction of sp³-hybridized carbons (Fsp3) is 0.391. The summed E-state index contributed by atoms with van der Waals surface area (Å²) in [5.74, 6) is -0.111. The highest BCUT2D eigenvalue weighted by Crippen LogP contribution is 2.21. The van der Waals surface area contributed by atoms with E-state index >= 15 is 0 Å². The van der Waals surface area contributed by atoms with E-state index in [9.17, 15) is 14.7 Å². The molecule has 0 fully saturated rings. The van der Waals surface area contributed by atoms with Crippen LogP contribution in [0.4, 0.5) is 5.69 Å². The van der Waals surface area contributed by atoms with Gasteiger partial charge in [-0.1, -0.05) is 49.1 Å². The Morgan fingerprint density at radius 1 is 1.03 bits per heavy atom. The first-order chi connectivity index (χ1) is 13.9. The van der Waals surface area contributed by atoms with Crippen molar-refractivity contribution < 1.29 is 19.4 Å². The molecule has 0 saturated carbocycles. The van der Waals surface area contributed by atoms with E-state index in [1.54, 1.807) is 45.2 Å². The summed E-state index contributed by atoms with van der Waals surface area (Å²) >= 11 is 0. The van der Waals surface area contributed by atoms with Gasteiger partial charge in [0.05, 0.1) is 27.2 Å². The van der Waals surface area contributed by atoms with Crippen LogP contribution < -0.4 is 20.6 Å². The molecule has 0 aliphatic rings. The third-order valence-corrected chi connectivity index (χ3v) is 6.69. The minimum Gasteiger partial charge on any atom is -0.497 e. The zero-order chi connectivity index (χ0) is 22.5. The lowest BCUT2D eigenvalue weighted by Crippen LogP contribution is -2.40. The molecule has 0 saturated heterocycles. The average molecular weight is 429 g/mol. The van der Waals surface area contributed by atoms with Crippen LogP contribution in [0.15, 0.2) is 48.5 Å². The van der Waals surface area contributed by atoms with Crippen LogP contribution in [0.5, 0.6) is 5.75 Å². The van der Waals surface area contributed by atoms with E-state index in [0.29, 0.717) is 17.0 Å². The number of rotatable bonds is 8. The lowest BCUT2D eigenvalue weighted by atomic mass is 10.0. The minimum absolute atomic E-state index is 0.113. The molecule has 0 aliphatic heterocycles. The summed E-state index contributed by atoms with van der Waals surface area (Å²) < 4.78 is 5.17. The number of aliphatic hydroxyl groups is 1. The largest absolute Gasteiger partial charge is 0.497 e. The first kappa shape index (κ1) is 23.6. The van der Waals surface area contributed by atoms with Crippen molar-refractivity contribution in [2.75, 3.05) is 12.4 Å². The van der Waals surface area contributed by atoms with Crippen LogP contribution in [-0.4, -0.2) is 37.7 Å². The van der Waals surface area contributed by atoms with E-state index in [2.05, 4.69) is 30.3 Å². The molecule has 1 unspecified atom stereocenters. The van der Waals surface area contributed by atoms with Crippen LogP contribution in [0.3, 0.4) is 0 Å². The van der Waals surface area contributed by atoms with E-state index < -0.39 is 25.6 Å². The predicted molar refractivity (Wildman–Crippen MR) is 123 cm³/mol. The highest BCUT2D eigenvalue weighted by molar-refractivity contribution is 6.88. The van der Waals surface area contributed by atoms with Crippen LogP contribution in [0.1, 0.15) is 31.9 Å². The number of carbonyl (C=O) groups is 2. The fourth-order valence-corrected chi connectivity index (χ4v) is 4.14. The van der Waals surface area contributed by atoms with Crippen LogP contribution in [0.25, 0.3) is 0 Å². The molecule has 6 nitrogen and oxygen atoms in total. The van der Waals surface area contributed by atoms with Crippen molar-refractivity contribution in [1.82, 2.24) is 5.32 Å². The van der Waals surface area contributed by atoms with Crippen molar-refractivity contribution in [2.24, 2.45) is 0 Å². The fourth-order valence-electron chi connectivity index (χ4n) is 2.97. The van der Waals surface area contributed by atoms with Crippen molar-refractivity contribution in [3.8, 4) is 5.75 Å². The minimum atomic E-state index is -1.43. The summed E-state index contributed by atoms with van der Waals surface area (Å²) in [6, 6.07) is 13.9. The Hall–Kier alpha value is -2.64. The summed E-state index contributed by atoms with van der Waals surface area (Å²) in [5.41, 5.74) is 0.117. The molecule has 2 amide bonds. The Morgan fingerprint density at radius 3 is 2.07 bits per heavy atom. The highest BCUT2D eigenvalue weighted by atomic mass is 28.3. The van der Waals surface area contributed by atoms with Gasteiger partial charge in [-0.2, -0.15) is 0 Å². The van der Waals surface area contributed by atoms with Crippen LogP contribution in [0.2, 0.25) is 19.6 Å². The van der Waals surface area contributed by atoms with Gasteiger partial charge in [0.25, 0.3) is 5.91 Å². The van der Waals surface area contributed by atoms with Crippen molar-refractivity contribution in [3.05, 3.63) is 54.1 Å². The van der Waals surface area contributed by atoms with Crippen LogP contribution >= 0.6 is 0 Å². The van der Waals surface area contributed by atoms with Gasteiger partial charge < -0.3 is 20.5 Å². The van der Waals surface area contributed by atoms with Gasteiger partial charge >= 0.3 is 0 Å². The number of nitrogens with one attached hydrogen (secondary N) is 2. The number of carbonyl (C=O) groups excluding carboxylic acids is 2. The van der Waals surface area contributed by atoms with Crippen molar-refractivity contribution in [2.45, 2.75) is 51.6 Å². The Morgan fingerprint density at radius 2 is 1.60 bits per heavy atom. The van der Waals surface area contributed by atoms with Gasteiger partial charge in [0, 0.05) is 5.69 Å². The van der Waals surface area contributed by atoms with Gasteiger partial charge in [-0.3, -0.25) is 9.59 Å². The standard InChI is InChI=1S/C23H32N2O4Si/c1-23(2,28)15-20(26)25-21(16-7-11-18(29-3)12-8-16)22(27)24-17-9-13-19(14-10-17)30(4,5)6/h7-14,21,28H,15H2,1-6H3,(H,24,27)(H,25,26). The molecule has 1 atom stereocenters. The maximum absolute atomic E-state index is 13.0. The SMILES string of the molecule is COc1ccc(C(NC(=O)CC(C)(C)O)C(=O)Nc2ccc([Si](C)(C)C)cc2)cc1. The Balaban J connectivity index is 2.23. The van der Waals surface area contributed by atoms with Crippen LogP contribution in [0, 0.1) is 0 Å². The summed E-state index contributed by atoms with van der Waals surface area (Å²) in [5, 5.41) is 16.8. The zero-order valence-electron chi connectivity index (χ0n) is 18.6. The van der Waals surface area contributed by atoms with Gasteiger partial charge in [-0.05, 0) is 43.7 Å². The van der Waals surface area contributed by atoms with Gasteiger partial charge in [0.1, 0.15) is 11.8 Å². The number of amides is 2. The second kappa shape index (κ2) is 9.45. The van der Waals surface area contributed by atoms with Crippen molar-refractivity contribution in [3.63, 3.8) is 0 Å². The quantitative estimate of drug-likeness (QED) is 0.564. The first-order valence-electron chi connectivity index (χ1n) is 9.96. The Labute approximate surface area is 179 Å². The summed E-state index contributed by atoms with van der Waals surface area (Å²) in [6.07, 6.45) is -0.113. The van der Waals surface area contributed by atoms with E-state index in [1.807, 2.05) is 24.3 Å². The van der Waals surface area contributed by atoms with Gasteiger partial charge in [0.2, 0.25) is 5.91 Å². The molecular formula is C23H32N2O4Si. The van der Waals surface area contributed by atoms with Crippen molar-refractivity contribution >= 4 is 30.8 Å². The normalized spacial score (nSPS) is 12.8. The first-order valence-corrected chi connectivity index (χ1v) is 13.5. The van der Waals surface area contributed by atoms with E-state index in [4.69, 9.17) is 4.74 Å². The maximum Gasteiger partial charge on any atom is 0.251 e. The second-order valence-electron chi connectivity index (χ2n) is 9.08. The molecule has 2 aromatic carbocycles. The molecule has 0 aliphatic carbocycles. The molecular weight excluding hydrogens is 396 g/mol. The molecule has 0 heterocycles. The number of hydrogen-bond donors (Lipinski definition) is 3. The molecule has 0 radical (unpaired) electrons. The summed E-state index contributed by atoms with van der Waals surface area (Å²) in [6.45, 7) is 9.89. The molecule has 0 bridgehead atoms. The number of anilines is 1. The smallest absolute Gasteiger partial charge is 0.251 e. The van der Waals surface area contributed by atoms with Gasteiger partial charge in [0.15, 0.2) is 0 Å². The Kier molecular flexibility index (Phi) is 7.44. The molecule has 2 rings (SSSR count). The highest BCUT2D eigenvalue weighted by Gasteiger charge is 2.26. The lowest BCUT2D eigenvalue weighted by Gasteiger charge is -2.22. The van der Waals surface area contributed by atoms with E-state index in [0.717, 1.165) is 0 Å². The number of benzene rings is 2. The monoisotopic (exact) mass is 428 g/mol. The molecule has 0 spiro atoms. The topological polar surface area (TPSA) is 87.7 Å². The van der Waals surface area contributed by atoms with Gasteiger partial charge in [-0.15, -0.1) is 0 Å². The third-order valence-electron chi connectivity index (χ3n) is 4.63. The number of ether oxygens (including phenoxy) is 1. The van der Waals surface area contributed by atoms with E-state index in [1.165, 1.54) is 5.19 Å². The summed E-state index contributed by atoms with van der Waals surface area (Å²) in [7, 11) is 0.134. The average Bonchev–Trinajstić information content (AvgIpc) is 2.64. The second-order valence-corrected chi connectivity index (χ2v) is 14.2. The van der Waals surface area contributed by atoms with E-state index in [-0.39, 0.29) is 12.3 Å². The third kappa shape index (κ3) is 7.00. The molecule has 3 N–H and O–H groups in total. The molecule has 162 valence electrons. The Bertz CT molecular complexity index is 866. The molecule has 2 aromatic rings. The maximum atomic E-state index is 13.0. The number of methoxy groups -OCH3 is 1. The molecule has 7 heteroatoms. The van der Waals surface area contributed by atoms with Crippen LogP contribution in [-0.2, 0) is 9.59 Å². The van der Waals surface area contributed by atoms with Crippen molar-refractivity contribution in [1.29, 1.82) is 0 Å². The molecule has 0 aromatic heterocycles. The predicted octanol–water partition coefficient (Wildman–Crippen LogP) is 3.20. The summed E-state index contributed by atoms with van der Waals surface area (Å²) in [4.78, 5) is 25.4. The van der Waals surface area contributed by atoms with Gasteiger partial charge in [-0.25, -0.2) is 0 Å². The zero-order valence-corrected chi connectivity index (χ0v) is 19.6. The number of hydrogen-bond acceptors (Lipinski definition) is 4. The molecule has 30 heavy (non-hydrogen) atoms. The lowest BCUT2D eigenvalue weighted by molar-refractivity contribution is -0.129.